The topological polar surface area (TPSA) is 52.5 Å². The number of aromatic nitrogens is 2. The van der Waals surface area contributed by atoms with Crippen molar-refractivity contribution < 1.29 is 0 Å². The number of aromatic amines is 1. The van der Waals surface area contributed by atoms with Crippen molar-refractivity contribution >= 4 is 0 Å². The molecule has 0 aliphatic rings. The lowest BCUT2D eigenvalue weighted by Gasteiger charge is -2.15. The van der Waals surface area contributed by atoms with E-state index in [1.54, 1.807) is 0 Å². The van der Waals surface area contributed by atoms with Crippen LogP contribution in [-0.2, 0) is 5.41 Å². The summed E-state index contributed by atoms with van der Waals surface area (Å²) in [5.41, 5.74) is 2.48. The van der Waals surface area contributed by atoms with Gasteiger partial charge >= 0.3 is 0 Å². The van der Waals surface area contributed by atoms with E-state index in [-0.39, 0.29) is 0 Å². The van der Waals surface area contributed by atoms with Gasteiger partial charge in [0.15, 0.2) is 0 Å². The van der Waals surface area contributed by atoms with E-state index in [1.165, 1.54) is 0 Å². The number of nitriles is 1. The van der Waals surface area contributed by atoms with Gasteiger partial charge in [0.2, 0.25) is 0 Å². The zero-order valence-corrected chi connectivity index (χ0v) is 7.89. The zero-order chi connectivity index (χ0) is 9.35. The Kier molecular flexibility index (Phi) is 1.93. The lowest BCUT2D eigenvalue weighted by molar-refractivity contribution is 0.676. The molecule has 12 heavy (non-hydrogen) atoms. The molecule has 1 rings (SSSR count). The van der Waals surface area contributed by atoms with Crippen LogP contribution in [0, 0.1) is 25.2 Å². The van der Waals surface area contributed by atoms with Gasteiger partial charge in [-0.3, -0.25) is 5.10 Å². The molecular weight excluding hydrogens is 150 g/mol. The number of nitrogens with one attached hydrogen (secondary N) is 1. The Balaban J connectivity index is 3.28. The van der Waals surface area contributed by atoms with Gasteiger partial charge in [-0.1, -0.05) is 0 Å². The van der Waals surface area contributed by atoms with E-state index in [1.807, 2.05) is 27.7 Å². The van der Waals surface area contributed by atoms with Crippen LogP contribution in [0.2, 0.25) is 0 Å². The van der Waals surface area contributed by atoms with Crippen molar-refractivity contribution in [2.45, 2.75) is 33.1 Å². The van der Waals surface area contributed by atoms with E-state index in [2.05, 4.69) is 16.3 Å². The molecule has 3 nitrogen and oxygen atoms in total. The predicted octanol–water partition coefficient (Wildman–Crippen LogP) is 1.83. The first-order chi connectivity index (χ1) is 5.49. The molecule has 64 valence electrons. The number of hydrogen-bond acceptors (Lipinski definition) is 2. The summed E-state index contributed by atoms with van der Waals surface area (Å²) >= 11 is 0. The van der Waals surface area contributed by atoms with Gasteiger partial charge in [-0.25, -0.2) is 0 Å². The summed E-state index contributed by atoms with van der Waals surface area (Å²) in [5, 5.41) is 15.9. The van der Waals surface area contributed by atoms with Crippen LogP contribution >= 0.6 is 0 Å². The number of H-pyrrole nitrogens is 1. The molecule has 0 saturated heterocycles. The Labute approximate surface area is 72.4 Å². The van der Waals surface area contributed by atoms with Crippen LogP contribution in [-0.4, -0.2) is 10.2 Å². The summed E-state index contributed by atoms with van der Waals surface area (Å²) in [6.45, 7) is 7.65. The molecule has 0 amide bonds. The monoisotopic (exact) mass is 163 g/mol. The molecule has 1 heterocycles. The van der Waals surface area contributed by atoms with Crippen molar-refractivity contribution in [2.75, 3.05) is 0 Å². The van der Waals surface area contributed by atoms with Crippen molar-refractivity contribution in [1.82, 2.24) is 10.2 Å². The molecule has 0 aliphatic heterocycles. The molecule has 0 radical (unpaired) electrons. The molecule has 0 unspecified atom stereocenters. The van der Waals surface area contributed by atoms with Crippen LogP contribution in [0.1, 0.15) is 30.8 Å². The van der Waals surface area contributed by atoms with Crippen LogP contribution < -0.4 is 0 Å². The Bertz CT molecular complexity index is 309. The molecule has 1 aromatic heterocycles. The molecule has 0 saturated carbocycles. The van der Waals surface area contributed by atoms with Crippen LogP contribution in [0.4, 0.5) is 0 Å². The molecule has 0 bridgehead atoms. The minimum absolute atomic E-state index is 0.443. The molecule has 1 aromatic rings. The maximum atomic E-state index is 8.92. The van der Waals surface area contributed by atoms with E-state index >= 15 is 0 Å². The predicted molar refractivity (Wildman–Crippen MR) is 46.7 cm³/mol. The Morgan fingerprint density at radius 3 is 2.33 bits per heavy atom. The SMILES string of the molecule is Cc1n[nH]c(C)c1C(C)(C)C#N. The van der Waals surface area contributed by atoms with Gasteiger partial charge < -0.3 is 0 Å². The highest BCUT2D eigenvalue weighted by Gasteiger charge is 2.25. The zero-order valence-electron chi connectivity index (χ0n) is 7.89. The van der Waals surface area contributed by atoms with Gasteiger partial charge in [-0.2, -0.15) is 10.4 Å². The van der Waals surface area contributed by atoms with Gasteiger partial charge in [-0.15, -0.1) is 0 Å². The summed E-state index contributed by atoms with van der Waals surface area (Å²) in [6.07, 6.45) is 0. The number of aryl methyl sites for hydroxylation is 2. The van der Waals surface area contributed by atoms with Gasteiger partial charge in [-0.05, 0) is 27.7 Å². The highest BCUT2D eigenvalue weighted by molar-refractivity contribution is 5.36. The van der Waals surface area contributed by atoms with Crippen LogP contribution in [0.5, 0.6) is 0 Å². The second kappa shape index (κ2) is 2.63. The first kappa shape index (κ1) is 8.79. The third-order valence-electron chi connectivity index (χ3n) is 2.03. The lowest BCUT2D eigenvalue weighted by atomic mass is 9.85. The van der Waals surface area contributed by atoms with E-state index in [9.17, 15) is 0 Å². The highest BCUT2D eigenvalue weighted by atomic mass is 15.1. The average molecular weight is 163 g/mol. The minimum atomic E-state index is -0.443. The van der Waals surface area contributed by atoms with Gasteiger partial charge in [0.1, 0.15) is 0 Å². The number of rotatable bonds is 1. The average Bonchev–Trinajstić information content (AvgIpc) is 2.31. The van der Waals surface area contributed by atoms with E-state index < -0.39 is 5.41 Å². The molecule has 0 aliphatic carbocycles. The van der Waals surface area contributed by atoms with Crippen LogP contribution in [0.25, 0.3) is 0 Å². The fraction of sp³-hybridized carbons (Fsp3) is 0.556. The summed E-state index contributed by atoms with van der Waals surface area (Å²) in [5.74, 6) is 0. The van der Waals surface area contributed by atoms with E-state index in [4.69, 9.17) is 5.26 Å². The summed E-state index contributed by atoms with van der Waals surface area (Å²) in [4.78, 5) is 0. The molecule has 0 atom stereocenters. The molecule has 0 fully saturated rings. The van der Waals surface area contributed by atoms with Gasteiger partial charge in [0, 0.05) is 11.3 Å². The van der Waals surface area contributed by atoms with Crippen LogP contribution in [0.3, 0.4) is 0 Å². The number of hydrogen-bond donors (Lipinski definition) is 1. The van der Waals surface area contributed by atoms with Crippen molar-refractivity contribution in [3.8, 4) is 6.07 Å². The van der Waals surface area contributed by atoms with Crippen LogP contribution in [0.15, 0.2) is 0 Å². The summed E-state index contributed by atoms with van der Waals surface area (Å²) in [7, 11) is 0. The maximum Gasteiger partial charge on any atom is 0.0802 e. The standard InChI is InChI=1S/C9H13N3/c1-6-8(7(2)12-11-6)9(3,4)5-10/h1-4H3,(H,11,12). The maximum absolute atomic E-state index is 8.92. The van der Waals surface area contributed by atoms with Crippen molar-refractivity contribution in [3.05, 3.63) is 17.0 Å². The van der Waals surface area contributed by atoms with E-state index in [0.29, 0.717) is 0 Å². The Morgan fingerprint density at radius 2 is 2.00 bits per heavy atom. The highest BCUT2D eigenvalue weighted by Crippen LogP contribution is 2.26. The van der Waals surface area contributed by atoms with Gasteiger partial charge in [0.25, 0.3) is 0 Å². The third kappa shape index (κ3) is 1.20. The molecule has 3 heteroatoms. The minimum Gasteiger partial charge on any atom is -0.282 e. The molecule has 0 aromatic carbocycles. The Morgan fingerprint density at radius 1 is 1.42 bits per heavy atom. The fourth-order valence-corrected chi connectivity index (χ4v) is 1.53. The lowest BCUT2D eigenvalue weighted by Crippen LogP contribution is -2.15. The summed E-state index contributed by atoms with van der Waals surface area (Å²) < 4.78 is 0. The molecule has 1 N–H and O–H groups in total. The van der Waals surface area contributed by atoms with Crippen molar-refractivity contribution in [3.63, 3.8) is 0 Å². The van der Waals surface area contributed by atoms with Gasteiger partial charge in [0.05, 0.1) is 17.2 Å². The quantitative estimate of drug-likeness (QED) is 0.686. The second-order valence-corrected chi connectivity index (χ2v) is 3.55. The summed E-state index contributed by atoms with van der Waals surface area (Å²) in [6, 6.07) is 2.27. The smallest absolute Gasteiger partial charge is 0.0802 e. The first-order valence-corrected chi connectivity index (χ1v) is 3.92. The molecule has 0 spiro atoms. The van der Waals surface area contributed by atoms with Crippen molar-refractivity contribution in [2.24, 2.45) is 0 Å². The van der Waals surface area contributed by atoms with Crippen molar-refractivity contribution in [1.29, 1.82) is 5.26 Å². The largest absolute Gasteiger partial charge is 0.282 e. The molecular formula is C9H13N3. The van der Waals surface area contributed by atoms with E-state index in [0.717, 1.165) is 17.0 Å². The normalized spacial score (nSPS) is 11.2. The third-order valence-corrected chi connectivity index (χ3v) is 2.03. The Hall–Kier alpha value is -1.30. The number of nitrogens with zero attached hydrogens (tertiary/aromatic N) is 2. The second-order valence-electron chi connectivity index (χ2n) is 3.55. The fourth-order valence-electron chi connectivity index (χ4n) is 1.53. The first-order valence-electron chi connectivity index (χ1n) is 3.92.